The maximum Gasteiger partial charge on any atom is 0.211 e. The van der Waals surface area contributed by atoms with Crippen LogP contribution in [0.1, 0.15) is 32.9 Å². The minimum Gasteiger partial charge on any atom is -0.497 e. The van der Waals surface area contributed by atoms with Crippen molar-refractivity contribution < 1.29 is 9.53 Å². The molecule has 0 unspecified atom stereocenters. The number of aromatic nitrogens is 1. The molecule has 2 aromatic rings. The third-order valence-electron chi connectivity index (χ3n) is 3.54. The van der Waals surface area contributed by atoms with Crippen LogP contribution in [0, 0.1) is 20.8 Å². The third-order valence-corrected chi connectivity index (χ3v) is 3.54. The van der Waals surface area contributed by atoms with Crippen molar-refractivity contribution in [3.8, 4) is 5.75 Å². The number of methoxy groups -OCH3 is 1. The number of hydrogen-bond acceptors (Lipinski definition) is 3. The van der Waals surface area contributed by atoms with Crippen LogP contribution in [0.25, 0.3) is 0 Å². The second-order valence-corrected chi connectivity index (χ2v) is 4.66. The highest BCUT2D eigenvalue weighted by molar-refractivity contribution is 6.12. The second-order valence-electron chi connectivity index (χ2n) is 4.66. The fraction of sp³-hybridized carbons (Fsp3) is 0.267. The molecule has 100 valence electrons. The average molecular weight is 258 g/mol. The van der Waals surface area contributed by atoms with Gasteiger partial charge in [0.05, 0.1) is 18.4 Å². The Balaban J connectivity index is 2.52. The van der Waals surface area contributed by atoms with E-state index in [0.717, 1.165) is 16.8 Å². The van der Waals surface area contributed by atoms with Gasteiger partial charge in [-0.15, -0.1) is 0 Å². The van der Waals surface area contributed by atoms with Gasteiger partial charge in [0.2, 0.25) is 5.78 Å². The first-order valence-corrected chi connectivity index (χ1v) is 6.09. The van der Waals surface area contributed by atoms with Crippen molar-refractivity contribution in [1.82, 2.24) is 4.98 Å². The molecule has 0 bridgehead atoms. The number of carbonyl (C=O) groups is 1. The van der Waals surface area contributed by atoms with Crippen LogP contribution in [0.15, 0.2) is 18.2 Å². The lowest BCUT2D eigenvalue weighted by molar-refractivity contribution is 0.103. The largest absolute Gasteiger partial charge is 0.497 e. The molecule has 4 nitrogen and oxygen atoms in total. The van der Waals surface area contributed by atoms with E-state index in [1.807, 2.05) is 20.8 Å². The highest BCUT2D eigenvalue weighted by Gasteiger charge is 2.19. The van der Waals surface area contributed by atoms with Crippen LogP contribution >= 0.6 is 0 Å². The Bertz CT molecular complexity index is 642. The van der Waals surface area contributed by atoms with Crippen LogP contribution in [0.3, 0.4) is 0 Å². The third kappa shape index (κ3) is 2.21. The Morgan fingerprint density at radius 1 is 1.21 bits per heavy atom. The van der Waals surface area contributed by atoms with E-state index in [1.165, 1.54) is 0 Å². The molecule has 0 amide bonds. The molecule has 0 aliphatic rings. The van der Waals surface area contributed by atoms with Crippen LogP contribution in [-0.4, -0.2) is 17.9 Å². The first kappa shape index (κ1) is 13.2. The Morgan fingerprint density at radius 2 is 1.89 bits per heavy atom. The molecule has 0 saturated carbocycles. The van der Waals surface area contributed by atoms with E-state index < -0.39 is 0 Å². The van der Waals surface area contributed by atoms with Gasteiger partial charge >= 0.3 is 0 Å². The number of nitrogens with two attached hydrogens (primary N) is 1. The molecule has 1 aromatic carbocycles. The van der Waals surface area contributed by atoms with E-state index in [9.17, 15) is 4.79 Å². The monoisotopic (exact) mass is 258 g/mol. The standard InChI is InChI=1S/C15H18N2O2/c1-8-9(2)14(17-10(8)3)15(18)12-7-11(19-4)5-6-13(12)16/h5-7,17H,16H2,1-4H3. The van der Waals surface area contributed by atoms with Crippen molar-refractivity contribution in [2.75, 3.05) is 12.8 Å². The van der Waals surface area contributed by atoms with Crippen LogP contribution in [-0.2, 0) is 0 Å². The molecule has 0 saturated heterocycles. The molecule has 0 aliphatic heterocycles. The maximum absolute atomic E-state index is 12.6. The van der Waals surface area contributed by atoms with Crippen molar-refractivity contribution in [1.29, 1.82) is 0 Å². The number of ketones is 1. The van der Waals surface area contributed by atoms with E-state index in [0.29, 0.717) is 22.7 Å². The van der Waals surface area contributed by atoms with Gasteiger partial charge in [0.1, 0.15) is 5.75 Å². The Labute approximate surface area is 112 Å². The molecular weight excluding hydrogens is 240 g/mol. The number of rotatable bonds is 3. The highest BCUT2D eigenvalue weighted by atomic mass is 16.5. The quantitative estimate of drug-likeness (QED) is 0.657. The molecular formula is C15H18N2O2. The zero-order chi connectivity index (χ0) is 14.2. The van der Waals surface area contributed by atoms with Crippen molar-refractivity contribution >= 4 is 11.5 Å². The smallest absolute Gasteiger partial charge is 0.211 e. The molecule has 0 radical (unpaired) electrons. The molecule has 0 spiro atoms. The summed E-state index contributed by atoms with van der Waals surface area (Å²) in [5.41, 5.74) is 10.5. The molecule has 0 fully saturated rings. The summed E-state index contributed by atoms with van der Waals surface area (Å²) < 4.78 is 5.14. The summed E-state index contributed by atoms with van der Waals surface area (Å²) in [6.45, 7) is 5.88. The topological polar surface area (TPSA) is 68.1 Å². The number of nitrogen functional groups attached to an aromatic ring is 1. The molecule has 19 heavy (non-hydrogen) atoms. The number of ether oxygens (including phenoxy) is 1. The van der Waals surface area contributed by atoms with E-state index in [4.69, 9.17) is 10.5 Å². The van der Waals surface area contributed by atoms with Crippen LogP contribution < -0.4 is 10.5 Å². The highest BCUT2D eigenvalue weighted by Crippen LogP contribution is 2.25. The Hall–Kier alpha value is -2.23. The lowest BCUT2D eigenvalue weighted by Gasteiger charge is -2.07. The molecule has 3 N–H and O–H groups in total. The first-order chi connectivity index (χ1) is 8.95. The minimum absolute atomic E-state index is 0.106. The number of hydrogen-bond donors (Lipinski definition) is 2. The maximum atomic E-state index is 12.6. The molecule has 0 aliphatic carbocycles. The summed E-state index contributed by atoms with van der Waals surface area (Å²) >= 11 is 0. The van der Waals surface area contributed by atoms with Gasteiger partial charge in [0.25, 0.3) is 0 Å². The van der Waals surface area contributed by atoms with Crippen molar-refractivity contribution in [2.45, 2.75) is 20.8 Å². The van der Waals surface area contributed by atoms with E-state index >= 15 is 0 Å². The summed E-state index contributed by atoms with van der Waals surface area (Å²) in [6.07, 6.45) is 0. The second kappa shape index (κ2) is 4.80. The number of anilines is 1. The lowest BCUT2D eigenvalue weighted by atomic mass is 10.0. The zero-order valence-electron chi connectivity index (χ0n) is 11.6. The van der Waals surface area contributed by atoms with Crippen LogP contribution in [0.4, 0.5) is 5.69 Å². The molecule has 2 rings (SSSR count). The van der Waals surface area contributed by atoms with Gasteiger partial charge in [0.15, 0.2) is 0 Å². The SMILES string of the molecule is COc1ccc(N)c(C(=O)c2[nH]c(C)c(C)c2C)c1. The molecule has 1 aromatic heterocycles. The predicted molar refractivity (Wildman–Crippen MR) is 75.8 cm³/mol. The first-order valence-electron chi connectivity index (χ1n) is 6.09. The van der Waals surface area contributed by atoms with E-state index in [2.05, 4.69) is 4.98 Å². The fourth-order valence-electron chi connectivity index (χ4n) is 2.06. The minimum atomic E-state index is -0.106. The summed E-state index contributed by atoms with van der Waals surface area (Å²) in [5.74, 6) is 0.514. The van der Waals surface area contributed by atoms with E-state index in [-0.39, 0.29) is 5.78 Å². The Morgan fingerprint density at radius 3 is 2.42 bits per heavy atom. The van der Waals surface area contributed by atoms with Crippen molar-refractivity contribution in [3.05, 3.63) is 46.3 Å². The van der Waals surface area contributed by atoms with Gasteiger partial charge in [-0.25, -0.2) is 0 Å². The number of aryl methyl sites for hydroxylation is 1. The summed E-state index contributed by atoms with van der Waals surface area (Å²) in [4.78, 5) is 15.7. The number of H-pyrrole nitrogens is 1. The Kier molecular flexibility index (Phi) is 3.34. The van der Waals surface area contributed by atoms with Crippen molar-refractivity contribution in [2.24, 2.45) is 0 Å². The van der Waals surface area contributed by atoms with Gasteiger partial charge in [-0.1, -0.05) is 0 Å². The number of carbonyl (C=O) groups excluding carboxylic acids is 1. The number of benzene rings is 1. The van der Waals surface area contributed by atoms with Crippen molar-refractivity contribution in [3.63, 3.8) is 0 Å². The predicted octanol–water partition coefficient (Wildman–Crippen LogP) is 2.76. The normalized spacial score (nSPS) is 10.5. The zero-order valence-corrected chi connectivity index (χ0v) is 11.6. The van der Waals surface area contributed by atoms with Gasteiger partial charge in [-0.05, 0) is 50.1 Å². The molecule has 4 heteroatoms. The fourth-order valence-corrected chi connectivity index (χ4v) is 2.06. The van der Waals surface area contributed by atoms with Gasteiger partial charge in [0, 0.05) is 11.4 Å². The summed E-state index contributed by atoms with van der Waals surface area (Å²) in [7, 11) is 1.56. The lowest BCUT2D eigenvalue weighted by Crippen LogP contribution is -2.07. The van der Waals surface area contributed by atoms with Gasteiger partial charge in [-0.2, -0.15) is 0 Å². The number of nitrogens with one attached hydrogen (secondary N) is 1. The average Bonchev–Trinajstić information content (AvgIpc) is 2.66. The molecule has 1 heterocycles. The number of aromatic amines is 1. The van der Waals surface area contributed by atoms with Crippen LogP contribution in [0.2, 0.25) is 0 Å². The van der Waals surface area contributed by atoms with Crippen LogP contribution in [0.5, 0.6) is 5.75 Å². The van der Waals surface area contributed by atoms with E-state index in [1.54, 1.807) is 25.3 Å². The summed E-state index contributed by atoms with van der Waals surface area (Å²) in [5, 5.41) is 0. The molecule has 0 atom stereocenters. The summed E-state index contributed by atoms with van der Waals surface area (Å²) in [6, 6.07) is 5.09. The van der Waals surface area contributed by atoms with Gasteiger partial charge in [-0.3, -0.25) is 4.79 Å². The van der Waals surface area contributed by atoms with Gasteiger partial charge < -0.3 is 15.5 Å².